The number of hydrogen-bond acceptors (Lipinski definition) is 5. The maximum absolute atomic E-state index is 11.9. The lowest BCUT2D eigenvalue weighted by Crippen LogP contribution is -2.18. The number of hydrogen-bond donors (Lipinski definition) is 3. The highest BCUT2D eigenvalue weighted by Crippen LogP contribution is 2.27. The average Bonchev–Trinajstić information content (AvgIpc) is 2.44. The first-order chi connectivity index (χ1) is 9.62. The van der Waals surface area contributed by atoms with Crippen molar-refractivity contribution in [3.8, 4) is 11.8 Å². The summed E-state index contributed by atoms with van der Waals surface area (Å²) in [6.45, 7) is 0.151. The van der Waals surface area contributed by atoms with Crippen LogP contribution in [0, 0.1) is 11.3 Å². The lowest BCUT2D eigenvalue weighted by Gasteiger charge is -2.10. The molecular weight excluding hydrogens is 282 g/mol. The lowest BCUT2D eigenvalue weighted by atomic mass is 10.2. The van der Waals surface area contributed by atoms with Crippen molar-refractivity contribution in [2.45, 2.75) is 0 Å². The molecule has 0 saturated heterocycles. The summed E-state index contributed by atoms with van der Waals surface area (Å²) in [5.41, 5.74) is 0.244. The minimum Gasteiger partial charge on any atom is -0.495 e. The number of nitrogens with zero attached hydrogens (tertiary/aromatic N) is 1. The second-order valence-electron chi connectivity index (χ2n) is 3.65. The van der Waals surface area contributed by atoms with Crippen LogP contribution in [0.5, 0.6) is 5.75 Å². The number of methoxy groups -OCH3 is 1. The highest BCUT2D eigenvalue weighted by Gasteiger charge is 2.12. The Bertz CT molecular complexity index is 552. The number of nitriles is 1. The first kappa shape index (κ1) is 15.8. The van der Waals surface area contributed by atoms with Gasteiger partial charge in [-0.15, -0.1) is 0 Å². The zero-order chi connectivity index (χ0) is 15.0. The minimum absolute atomic E-state index is 0.0983. The third-order valence-electron chi connectivity index (χ3n) is 2.28. The number of amides is 1. The number of ether oxygens (including phenoxy) is 1. The smallest absolute Gasteiger partial charge is 0.267 e. The number of benzene rings is 1. The Morgan fingerprint density at radius 2 is 2.35 bits per heavy atom. The molecule has 0 bridgehead atoms. The molecule has 0 heterocycles. The molecular formula is C13H14ClN3O3. The zero-order valence-electron chi connectivity index (χ0n) is 10.8. The molecule has 1 aromatic rings. The summed E-state index contributed by atoms with van der Waals surface area (Å²) in [6, 6.07) is 6.52. The van der Waals surface area contributed by atoms with Crippen LogP contribution in [0.1, 0.15) is 0 Å². The third kappa shape index (κ3) is 4.46. The summed E-state index contributed by atoms with van der Waals surface area (Å²) >= 11 is 5.85. The van der Waals surface area contributed by atoms with Crippen molar-refractivity contribution in [2.24, 2.45) is 0 Å². The summed E-state index contributed by atoms with van der Waals surface area (Å²) in [5.74, 6) is -0.165. The molecule has 106 valence electrons. The molecule has 3 N–H and O–H groups in total. The van der Waals surface area contributed by atoms with Crippen LogP contribution in [0.4, 0.5) is 5.69 Å². The number of carbonyl (C=O) groups is 1. The van der Waals surface area contributed by atoms with Crippen LogP contribution in [-0.2, 0) is 4.79 Å². The predicted molar refractivity (Wildman–Crippen MR) is 75.4 cm³/mol. The van der Waals surface area contributed by atoms with E-state index in [2.05, 4.69) is 10.6 Å². The van der Waals surface area contributed by atoms with Crippen molar-refractivity contribution in [2.75, 3.05) is 25.6 Å². The summed E-state index contributed by atoms with van der Waals surface area (Å²) in [5, 5.41) is 23.1. The van der Waals surface area contributed by atoms with E-state index in [1.54, 1.807) is 18.2 Å². The monoisotopic (exact) mass is 295 g/mol. The Morgan fingerprint density at radius 3 is 2.95 bits per heavy atom. The van der Waals surface area contributed by atoms with Crippen LogP contribution in [0.3, 0.4) is 0 Å². The van der Waals surface area contributed by atoms with Gasteiger partial charge < -0.3 is 20.5 Å². The van der Waals surface area contributed by atoms with Gasteiger partial charge in [0.15, 0.2) is 0 Å². The first-order valence-electron chi connectivity index (χ1n) is 5.71. The summed E-state index contributed by atoms with van der Waals surface area (Å²) in [7, 11) is 1.46. The second-order valence-corrected chi connectivity index (χ2v) is 4.08. The van der Waals surface area contributed by atoms with Crippen LogP contribution in [0.25, 0.3) is 0 Å². The first-order valence-corrected chi connectivity index (χ1v) is 6.09. The molecule has 7 heteroatoms. The largest absolute Gasteiger partial charge is 0.495 e. The Kier molecular flexibility index (Phi) is 6.37. The number of anilines is 1. The van der Waals surface area contributed by atoms with Crippen LogP contribution in [-0.4, -0.2) is 31.3 Å². The van der Waals surface area contributed by atoms with Gasteiger partial charge in [0.25, 0.3) is 5.91 Å². The van der Waals surface area contributed by atoms with Gasteiger partial charge in [-0.3, -0.25) is 4.79 Å². The Labute approximate surface area is 121 Å². The predicted octanol–water partition coefficient (Wildman–Crippen LogP) is 1.28. The van der Waals surface area contributed by atoms with Gasteiger partial charge in [0, 0.05) is 17.8 Å². The zero-order valence-corrected chi connectivity index (χ0v) is 11.6. The van der Waals surface area contributed by atoms with Gasteiger partial charge in [-0.1, -0.05) is 11.6 Å². The van der Waals surface area contributed by atoms with Crippen molar-refractivity contribution in [3.05, 3.63) is 35.0 Å². The molecule has 0 aliphatic heterocycles. The van der Waals surface area contributed by atoms with E-state index in [0.29, 0.717) is 16.5 Å². The molecule has 1 rings (SSSR count). The van der Waals surface area contributed by atoms with Crippen molar-refractivity contribution < 1.29 is 14.6 Å². The number of carbonyl (C=O) groups excluding carboxylic acids is 1. The van der Waals surface area contributed by atoms with E-state index in [-0.39, 0.29) is 18.7 Å². The molecule has 0 unspecified atom stereocenters. The fourth-order valence-electron chi connectivity index (χ4n) is 1.35. The van der Waals surface area contributed by atoms with Crippen molar-refractivity contribution in [1.29, 1.82) is 5.26 Å². The summed E-state index contributed by atoms with van der Waals surface area (Å²) < 4.78 is 5.09. The summed E-state index contributed by atoms with van der Waals surface area (Å²) in [6.07, 6.45) is 1.24. The number of halogens is 1. The second kappa shape index (κ2) is 8.04. The molecule has 0 fully saturated rings. The third-order valence-corrected chi connectivity index (χ3v) is 2.51. The van der Waals surface area contributed by atoms with Gasteiger partial charge in [-0.05, 0) is 18.2 Å². The number of aliphatic hydroxyl groups is 1. The standard InChI is InChI=1S/C13H14ClN3O3/c1-20-12-3-2-10(14)6-11(12)17-13(19)9(7-15)8-16-4-5-18/h2-3,6,8,16,18H,4-5H2,1H3,(H,17,19)/b9-8-. The van der Waals surface area contributed by atoms with Crippen LogP contribution >= 0.6 is 11.6 Å². The van der Waals surface area contributed by atoms with Crippen molar-refractivity contribution in [1.82, 2.24) is 5.32 Å². The molecule has 0 aliphatic carbocycles. The van der Waals surface area contributed by atoms with Crippen LogP contribution < -0.4 is 15.4 Å². The van der Waals surface area contributed by atoms with E-state index < -0.39 is 5.91 Å². The fourth-order valence-corrected chi connectivity index (χ4v) is 1.53. The topological polar surface area (TPSA) is 94.4 Å². The number of rotatable bonds is 6. The van der Waals surface area contributed by atoms with Gasteiger partial charge in [0.05, 0.1) is 19.4 Å². The van der Waals surface area contributed by atoms with E-state index in [1.807, 2.05) is 0 Å². The Morgan fingerprint density at radius 1 is 1.60 bits per heavy atom. The normalized spacial score (nSPS) is 10.6. The maximum Gasteiger partial charge on any atom is 0.267 e. The maximum atomic E-state index is 11.9. The van der Waals surface area contributed by atoms with E-state index in [0.717, 1.165) is 0 Å². The molecule has 0 aliphatic rings. The number of nitrogens with one attached hydrogen (secondary N) is 2. The molecule has 0 aromatic heterocycles. The molecule has 0 saturated carbocycles. The van der Waals surface area contributed by atoms with Gasteiger partial charge in [0.2, 0.25) is 0 Å². The van der Waals surface area contributed by atoms with Gasteiger partial charge in [-0.25, -0.2) is 0 Å². The Hall–Kier alpha value is -2.23. The molecule has 1 aromatic carbocycles. The highest BCUT2D eigenvalue weighted by molar-refractivity contribution is 6.31. The lowest BCUT2D eigenvalue weighted by molar-refractivity contribution is -0.112. The Balaban J connectivity index is 2.86. The SMILES string of the molecule is COc1ccc(Cl)cc1NC(=O)/C(C#N)=C\NCCO. The summed E-state index contributed by atoms with van der Waals surface area (Å²) in [4.78, 5) is 11.9. The van der Waals surface area contributed by atoms with Gasteiger partial charge >= 0.3 is 0 Å². The molecule has 20 heavy (non-hydrogen) atoms. The van der Waals surface area contributed by atoms with Crippen molar-refractivity contribution >= 4 is 23.2 Å². The minimum atomic E-state index is -0.599. The van der Waals surface area contributed by atoms with E-state index >= 15 is 0 Å². The van der Waals surface area contributed by atoms with E-state index in [1.165, 1.54) is 19.4 Å². The molecule has 0 radical (unpaired) electrons. The van der Waals surface area contributed by atoms with Gasteiger partial charge in [0.1, 0.15) is 17.4 Å². The highest BCUT2D eigenvalue weighted by atomic mass is 35.5. The average molecular weight is 296 g/mol. The fraction of sp³-hybridized carbons (Fsp3) is 0.231. The molecule has 6 nitrogen and oxygen atoms in total. The number of aliphatic hydroxyl groups excluding tert-OH is 1. The van der Waals surface area contributed by atoms with E-state index in [4.69, 9.17) is 26.7 Å². The van der Waals surface area contributed by atoms with Crippen LogP contribution in [0.2, 0.25) is 5.02 Å². The quantitative estimate of drug-likeness (QED) is 0.417. The van der Waals surface area contributed by atoms with Crippen molar-refractivity contribution in [3.63, 3.8) is 0 Å². The molecule has 0 spiro atoms. The molecule has 0 atom stereocenters. The van der Waals surface area contributed by atoms with E-state index in [9.17, 15) is 4.79 Å². The molecule has 1 amide bonds. The van der Waals surface area contributed by atoms with Crippen LogP contribution in [0.15, 0.2) is 30.0 Å². The van der Waals surface area contributed by atoms with Gasteiger partial charge in [-0.2, -0.15) is 5.26 Å².